The van der Waals surface area contributed by atoms with E-state index in [0.29, 0.717) is 13.2 Å². The van der Waals surface area contributed by atoms with Crippen LogP contribution >= 0.6 is 0 Å². The van der Waals surface area contributed by atoms with Gasteiger partial charge in [-0.15, -0.1) is 0 Å². The molecule has 1 aromatic heterocycles. The Hall–Kier alpha value is -1.13. The fourth-order valence-electron chi connectivity index (χ4n) is 3.63. The molecule has 0 aromatic carbocycles. The summed E-state index contributed by atoms with van der Waals surface area (Å²) < 4.78 is 12.3. The Morgan fingerprint density at radius 1 is 1.29 bits per heavy atom. The Balaban J connectivity index is 1.56. The zero-order chi connectivity index (χ0) is 14.7. The monoisotopic (exact) mass is 290 g/mol. The molecule has 1 aromatic rings. The number of nitrogens with two attached hydrogens (primary N) is 1. The summed E-state index contributed by atoms with van der Waals surface area (Å²) in [7, 11) is 0. The highest BCUT2D eigenvalue weighted by atomic mass is 16.6. The van der Waals surface area contributed by atoms with Crippen molar-refractivity contribution >= 4 is 0 Å². The number of pyridine rings is 1. The highest BCUT2D eigenvalue weighted by Crippen LogP contribution is 2.41. The number of aryl methyl sites for hydroxylation is 1. The third-order valence-electron chi connectivity index (χ3n) is 4.79. The summed E-state index contributed by atoms with van der Waals surface area (Å²) >= 11 is 0. The summed E-state index contributed by atoms with van der Waals surface area (Å²) in [4.78, 5) is 4.43. The first-order chi connectivity index (χ1) is 10.2. The Morgan fingerprint density at radius 2 is 2.10 bits per heavy atom. The molecule has 0 amide bonds. The van der Waals surface area contributed by atoms with Crippen molar-refractivity contribution in [1.82, 2.24) is 4.98 Å². The second kappa shape index (κ2) is 6.32. The van der Waals surface area contributed by atoms with E-state index in [1.165, 1.54) is 38.5 Å². The fourth-order valence-corrected chi connectivity index (χ4v) is 3.63. The van der Waals surface area contributed by atoms with E-state index >= 15 is 0 Å². The largest absolute Gasteiger partial charge is 0.489 e. The molecule has 0 bridgehead atoms. The predicted molar refractivity (Wildman–Crippen MR) is 82.3 cm³/mol. The van der Waals surface area contributed by atoms with Crippen molar-refractivity contribution < 1.29 is 9.47 Å². The molecular formula is C17H26N2O2. The summed E-state index contributed by atoms with van der Waals surface area (Å²) in [6.45, 7) is 2.99. The summed E-state index contributed by atoms with van der Waals surface area (Å²) in [5.74, 6) is 0.802. The van der Waals surface area contributed by atoms with Crippen LogP contribution in [0.1, 0.15) is 56.3 Å². The molecule has 1 saturated heterocycles. The maximum absolute atomic E-state index is 6.33. The van der Waals surface area contributed by atoms with Crippen LogP contribution in [-0.4, -0.2) is 23.3 Å². The Bertz CT molecular complexity index is 484. The SMILES string of the molecule is Cc1ccc(OCC2CCC3(CCCCC3)O2)c(CN)n1. The van der Waals surface area contributed by atoms with Crippen LogP contribution in [0, 0.1) is 6.92 Å². The zero-order valence-corrected chi connectivity index (χ0v) is 12.9. The number of nitrogens with zero attached hydrogens (tertiary/aromatic N) is 1. The van der Waals surface area contributed by atoms with Crippen LogP contribution in [0.3, 0.4) is 0 Å². The first kappa shape index (κ1) is 14.8. The predicted octanol–water partition coefficient (Wildman–Crippen LogP) is 3.11. The number of hydrogen-bond donors (Lipinski definition) is 1. The van der Waals surface area contributed by atoms with Crippen LogP contribution in [0.2, 0.25) is 0 Å². The molecule has 2 N–H and O–H groups in total. The van der Waals surface area contributed by atoms with Crippen LogP contribution in [0.5, 0.6) is 5.75 Å². The van der Waals surface area contributed by atoms with Gasteiger partial charge in [0.25, 0.3) is 0 Å². The summed E-state index contributed by atoms with van der Waals surface area (Å²) in [5, 5.41) is 0. The molecule has 21 heavy (non-hydrogen) atoms. The van der Waals surface area contributed by atoms with E-state index in [1.54, 1.807) is 0 Å². The van der Waals surface area contributed by atoms with Gasteiger partial charge in [-0.2, -0.15) is 0 Å². The first-order valence-corrected chi connectivity index (χ1v) is 8.18. The number of aromatic nitrogens is 1. The van der Waals surface area contributed by atoms with E-state index in [2.05, 4.69) is 4.98 Å². The van der Waals surface area contributed by atoms with Gasteiger partial charge in [-0.25, -0.2) is 0 Å². The minimum atomic E-state index is 0.161. The highest BCUT2D eigenvalue weighted by molar-refractivity contribution is 5.29. The molecule has 1 aliphatic carbocycles. The molecule has 1 unspecified atom stereocenters. The van der Waals surface area contributed by atoms with E-state index in [9.17, 15) is 0 Å². The molecule has 0 radical (unpaired) electrons. The maximum atomic E-state index is 6.33. The lowest BCUT2D eigenvalue weighted by atomic mass is 9.83. The van der Waals surface area contributed by atoms with Gasteiger partial charge in [-0.1, -0.05) is 19.3 Å². The minimum Gasteiger partial charge on any atom is -0.489 e. The zero-order valence-electron chi connectivity index (χ0n) is 12.9. The highest BCUT2D eigenvalue weighted by Gasteiger charge is 2.40. The van der Waals surface area contributed by atoms with Crippen molar-refractivity contribution in [3.63, 3.8) is 0 Å². The molecule has 4 nitrogen and oxygen atoms in total. The number of rotatable bonds is 4. The van der Waals surface area contributed by atoms with E-state index in [-0.39, 0.29) is 11.7 Å². The second-order valence-corrected chi connectivity index (χ2v) is 6.43. The van der Waals surface area contributed by atoms with Gasteiger partial charge in [-0.3, -0.25) is 4.98 Å². The topological polar surface area (TPSA) is 57.4 Å². The average molecular weight is 290 g/mol. The van der Waals surface area contributed by atoms with Crippen molar-refractivity contribution in [3.8, 4) is 5.75 Å². The van der Waals surface area contributed by atoms with Crippen molar-refractivity contribution in [1.29, 1.82) is 0 Å². The van der Waals surface area contributed by atoms with Gasteiger partial charge in [-0.05, 0) is 44.7 Å². The van der Waals surface area contributed by atoms with E-state index in [4.69, 9.17) is 15.2 Å². The van der Waals surface area contributed by atoms with Gasteiger partial charge in [0, 0.05) is 12.2 Å². The van der Waals surface area contributed by atoms with E-state index < -0.39 is 0 Å². The van der Waals surface area contributed by atoms with Gasteiger partial charge in [0.2, 0.25) is 0 Å². The number of ether oxygens (including phenoxy) is 2. The van der Waals surface area contributed by atoms with Gasteiger partial charge >= 0.3 is 0 Å². The summed E-state index contributed by atoms with van der Waals surface area (Å²) in [6.07, 6.45) is 8.96. The molecular weight excluding hydrogens is 264 g/mol. The molecule has 1 atom stereocenters. The molecule has 2 aliphatic rings. The summed E-state index contributed by atoms with van der Waals surface area (Å²) in [6, 6.07) is 3.93. The Morgan fingerprint density at radius 3 is 2.86 bits per heavy atom. The quantitative estimate of drug-likeness (QED) is 0.925. The summed E-state index contributed by atoms with van der Waals surface area (Å²) in [5.41, 5.74) is 7.71. The molecule has 2 fully saturated rings. The van der Waals surface area contributed by atoms with Crippen LogP contribution in [0.25, 0.3) is 0 Å². The first-order valence-electron chi connectivity index (χ1n) is 8.18. The number of hydrogen-bond acceptors (Lipinski definition) is 4. The van der Waals surface area contributed by atoms with Crippen molar-refractivity contribution in [3.05, 3.63) is 23.5 Å². The molecule has 2 heterocycles. The molecule has 4 heteroatoms. The normalized spacial score (nSPS) is 24.4. The third kappa shape index (κ3) is 3.38. The molecule has 1 spiro atoms. The van der Waals surface area contributed by atoms with E-state index in [1.807, 2.05) is 19.1 Å². The average Bonchev–Trinajstić information content (AvgIpc) is 2.89. The smallest absolute Gasteiger partial charge is 0.142 e. The standard InChI is InChI=1S/C17H26N2O2/c1-13-5-6-16(15(11-18)19-13)20-12-14-7-10-17(21-14)8-3-2-4-9-17/h5-6,14H,2-4,7-12,18H2,1H3. The van der Waals surface area contributed by atoms with Crippen molar-refractivity contribution in [2.75, 3.05) is 6.61 Å². The molecule has 116 valence electrons. The van der Waals surface area contributed by atoms with Crippen LogP contribution in [-0.2, 0) is 11.3 Å². The lowest BCUT2D eigenvalue weighted by Gasteiger charge is -2.33. The van der Waals surface area contributed by atoms with Gasteiger partial charge < -0.3 is 15.2 Å². The van der Waals surface area contributed by atoms with Gasteiger partial charge in [0.1, 0.15) is 12.4 Å². The Kier molecular flexibility index (Phi) is 4.45. The van der Waals surface area contributed by atoms with Crippen molar-refractivity contribution in [2.24, 2.45) is 5.73 Å². The second-order valence-electron chi connectivity index (χ2n) is 6.43. The molecule has 3 rings (SSSR count). The fraction of sp³-hybridized carbons (Fsp3) is 0.706. The minimum absolute atomic E-state index is 0.161. The van der Waals surface area contributed by atoms with Crippen LogP contribution < -0.4 is 10.5 Å². The van der Waals surface area contributed by atoms with Crippen LogP contribution in [0.15, 0.2) is 12.1 Å². The lowest BCUT2D eigenvalue weighted by Crippen LogP contribution is -2.33. The lowest BCUT2D eigenvalue weighted by molar-refractivity contribution is -0.0749. The molecule has 1 aliphatic heterocycles. The molecule has 1 saturated carbocycles. The maximum Gasteiger partial charge on any atom is 0.142 e. The van der Waals surface area contributed by atoms with E-state index in [0.717, 1.165) is 23.6 Å². The van der Waals surface area contributed by atoms with Gasteiger partial charge in [0.15, 0.2) is 0 Å². The Labute approximate surface area is 127 Å². The van der Waals surface area contributed by atoms with Crippen LogP contribution in [0.4, 0.5) is 0 Å². The van der Waals surface area contributed by atoms with Crippen molar-refractivity contribution in [2.45, 2.75) is 70.1 Å². The third-order valence-corrected chi connectivity index (χ3v) is 4.79. The van der Waals surface area contributed by atoms with Gasteiger partial charge in [0.05, 0.1) is 17.4 Å².